The Morgan fingerprint density at radius 2 is 2.06 bits per heavy atom. The molecule has 4 nitrogen and oxygen atoms in total. The van der Waals surface area contributed by atoms with E-state index in [-0.39, 0.29) is 11.4 Å². The Labute approximate surface area is 101 Å². The molecule has 0 amide bonds. The van der Waals surface area contributed by atoms with Crippen molar-refractivity contribution in [2.24, 2.45) is 0 Å². The Balaban J connectivity index is 2.90. The molecule has 0 bridgehead atoms. The van der Waals surface area contributed by atoms with Gasteiger partial charge in [-0.15, -0.1) is 0 Å². The Bertz CT molecular complexity index is 458. The number of nitrogens with zero attached hydrogens (tertiary/aromatic N) is 1. The van der Waals surface area contributed by atoms with Crippen LogP contribution < -0.4 is 4.74 Å². The summed E-state index contributed by atoms with van der Waals surface area (Å²) < 4.78 is 40.7. The molecule has 0 aliphatic carbocycles. The normalized spacial score (nSPS) is 11.4. The first-order valence-corrected chi connectivity index (χ1v) is 5.12. The fourth-order valence-corrected chi connectivity index (χ4v) is 1.43. The first-order chi connectivity index (χ1) is 8.20. The minimum atomic E-state index is -4.34. The molecule has 0 saturated carbocycles. The number of aromatic carboxylic acids is 1. The smallest absolute Gasteiger partial charge is 0.392 e. The minimum absolute atomic E-state index is 0.206. The molecule has 1 aromatic rings. The summed E-state index contributed by atoms with van der Waals surface area (Å²) in [6, 6.07) is 1.53. The van der Waals surface area contributed by atoms with Crippen molar-refractivity contribution in [2.45, 2.75) is 26.4 Å². The van der Waals surface area contributed by atoms with Crippen LogP contribution in [0.25, 0.3) is 0 Å². The van der Waals surface area contributed by atoms with E-state index in [1.807, 2.05) is 0 Å². The fourth-order valence-electron chi connectivity index (χ4n) is 1.43. The van der Waals surface area contributed by atoms with Crippen LogP contribution in [0.15, 0.2) is 6.07 Å². The van der Waals surface area contributed by atoms with Gasteiger partial charge in [0.1, 0.15) is 5.56 Å². The van der Waals surface area contributed by atoms with Gasteiger partial charge in [0.2, 0.25) is 5.88 Å². The van der Waals surface area contributed by atoms with E-state index >= 15 is 0 Å². The van der Waals surface area contributed by atoms with Crippen LogP contribution in [0.2, 0.25) is 0 Å². The topological polar surface area (TPSA) is 59.4 Å². The van der Waals surface area contributed by atoms with Crippen molar-refractivity contribution in [1.82, 2.24) is 4.98 Å². The summed E-state index contributed by atoms with van der Waals surface area (Å²) in [5.74, 6) is -1.55. The Kier molecular flexibility index (Phi) is 4.15. The Morgan fingerprint density at radius 3 is 2.56 bits per heavy atom. The number of carboxylic acid groups (broad SMARTS) is 1. The maximum Gasteiger partial charge on any atom is 0.392 e. The van der Waals surface area contributed by atoms with Gasteiger partial charge in [0.15, 0.2) is 0 Å². The predicted octanol–water partition coefficient (Wildman–Crippen LogP) is 2.73. The van der Waals surface area contributed by atoms with E-state index < -0.39 is 25.2 Å². The number of halogens is 3. The molecule has 0 radical (unpaired) electrons. The first kappa shape index (κ1) is 14.3. The van der Waals surface area contributed by atoms with Crippen LogP contribution in [-0.2, 0) is 0 Å². The highest BCUT2D eigenvalue weighted by molar-refractivity contribution is 5.91. The molecular weight excluding hydrogens is 251 g/mol. The molecule has 100 valence electrons. The standard InChI is InChI=1S/C11H12F3NO3/c1-6-5-7(2)15-9(8(6)10(16)17)18-4-3-11(12,13)14/h5H,3-4H2,1-2H3,(H,16,17). The zero-order valence-corrected chi connectivity index (χ0v) is 9.84. The van der Waals surface area contributed by atoms with Crippen LogP contribution in [-0.4, -0.2) is 28.8 Å². The number of aromatic nitrogens is 1. The van der Waals surface area contributed by atoms with Gasteiger partial charge in [0.25, 0.3) is 0 Å². The van der Waals surface area contributed by atoms with Gasteiger partial charge in [-0.1, -0.05) is 0 Å². The van der Waals surface area contributed by atoms with Gasteiger partial charge in [-0.05, 0) is 25.5 Å². The van der Waals surface area contributed by atoms with E-state index in [1.54, 1.807) is 6.92 Å². The molecule has 18 heavy (non-hydrogen) atoms. The van der Waals surface area contributed by atoms with Crippen LogP contribution in [0, 0.1) is 13.8 Å². The third kappa shape index (κ3) is 3.90. The molecule has 0 unspecified atom stereocenters. The number of carboxylic acids is 1. The molecule has 1 aromatic heterocycles. The van der Waals surface area contributed by atoms with Crippen molar-refractivity contribution in [3.8, 4) is 5.88 Å². The Morgan fingerprint density at radius 1 is 1.44 bits per heavy atom. The largest absolute Gasteiger partial charge is 0.477 e. The molecule has 0 aliphatic rings. The van der Waals surface area contributed by atoms with E-state index in [0.717, 1.165) is 0 Å². The molecular formula is C11H12F3NO3. The first-order valence-electron chi connectivity index (χ1n) is 5.12. The molecule has 1 rings (SSSR count). The predicted molar refractivity (Wildman–Crippen MR) is 56.8 cm³/mol. The zero-order valence-electron chi connectivity index (χ0n) is 9.84. The van der Waals surface area contributed by atoms with Crippen molar-refractivity contribution in [1.29, 1.82) is 0 Å². The van der Waals surface area contributed by atoms with Crippen LogP contribution >= 0.6 is 0 Å². The number of hydrogen-bond donors (Lipinski definition) is 1. The van der Waals surface area contributed by atoms with E-state index in [4.69, 9.17) is 9.84 Å². The summed E-state index contributed by atoms with van der Waals surface area (Å²) in [6.45, 7) is 2.49. The SMILES string of the molecule is Cc1cc(C)c(C(=O)O)c(OCCC(F)(F)F)n1. The minimum Gasteiger partial charge on any atom is -0.477 e. The highest BCUT2D eigenvalue weighted by atomic mass is 19.4. The quantitative estimate of drug-likeness (QED) is 0.907. The van der Waals surface area contributed by atoms with Gasteiger partial charge in [-0.2, -0.15) is 13.2 Å². The lowest BCUT2D eigenvalue weighted by atomic mass is 10.1. The van der Waals surface area contributed by atoms with E-state index in [2.05, 4.69) is 4.98 Å². The van der Waals surface area contributed by atoms with Gasteiger partial charge in [-0.3, -0.25) is 0 Å². The molecule has 0 atom stereocenters. The number of aryl methyl sites for hydroxylation is 2. The molecule has 0 saturated heterocycles. The lowest BCUT2D eigenvalue weighted by molar-refractivity contribution is -0.139. The van der Waals surface area contributed by atoms with Crippen LogP contribution in [0.5, 0.6) is 5.88 Å². The second kappa shape index (κ2) is 5.24. The highest BCUT2D eigenvalue weighted by Crippen LogP contribution is 2.23. The summed E-state index contributed by atoms with van der Waals surface area (Å²) in [7, 11) is 0. The van der Waals surface area contributed by atoms with Gasteiger partial charge < -0.3 is 9.84 Å². The molecule has 1 heterocycles. The summed E-state index contributed by atoms with van der Waals surface area (Å²) >= 11 is 0. The molecule has 7 heteroatoms. The average Bonchev–Trinajstić information content (AvgIpc) is 2.13. The lowest BCUT2D eigenvalue weighted by Gasteiger charge is -2.12. The van der Waals surface area contributed by atoms with Crippen LogP contribution in [0.4, 0.5) is 13.2 Å². The maximum absolute atomic E-state index is 12.0. The van der Waals surface area contributed by atoms with Crippen molar-refractivity contribution in [3.05, 3.63) is 22.9 Å². The lowest BCUT2D eigenvalue weighted by Crippen LogP contribution is -2.15. The summed E-state index contributed by atoms with van der Waals surface area (Å²) in [5, 5.41) is 8.95. The van der Waals surface area contributed by atoms with Crippen molar-refractivity contribution in [3.63, 3.8) is 0 Å². The molecule has 0 aromatic carbocycles. The third-order valence-electron chi connectivity index (χ3n) is 2.15. The second-order valence-corrected chi connectivity index (χ2v) is 3.78. The van der Waals surface area contributed by atoms with E-state index in [1.165, 1.54) is 13.0 Å². The number of rotatable bonds is 4. The fraction of sp³-hybridized carbons (Fsp3) is 0.455. The summed E-state index contributed by atoms with van der Waals surface area (Å²) in [6.07, 6.45) is -5.50. The number of carbonyl (C=O) groups is 1. The van der Waals surface area contributed by atoms with Gasteiger partial charge in [0, 0.05) is 5.69 Å². The molecule has 0 spiro atoms. The molecule has 1 N–H and O–H groups in total. The monoisotopic (exact) mass is 263 g/mol. The number of ether oxygens (including phenoxy) is 1. The summed E-state index contributed by atoms with van der Waals surface area (Å²) in [5.41, 5.74) is 0.680. The number of pyridine rings is 1. The van der Waals surface area contributed by atoms with Gasteiger partial charge in [0.05, 0.1) is 13.0 Å². The Hall–Kier alpha value is -1.79. The van der Waals surface area contributed by atoms with Crippen LogP contribution in [0.1, 0.15) is 28.0 Å². The van der Waals surface area contributed by atoms with Gasteiger partial charge >= 0.3 is 12.1 Å². The second-order valence-electron chi connectivity index (χ2n) is 3.78. The van der Waals surface area contributed by atoms with Gasteiger partial charge in [-0.25, -0.2) is 9.78 Å². The average molecular weight is 263 g/mol. The van der Waals surface area contributed by atoms with Crippen molar-refractivity contribution in [2.75, 3.05) is 6.61 Å². The maximum atomic E-state index is 12.0. The highest BCUT2D eigenvalue weighted by Gasteiger charge is 2.27. The molecule has 0 aliphatic heterocycles. The molecule has 0 fully saturated rings. The van der Waals surface area contributed by atoms with Crippen molar-refractivity contribution < 1.29 is 27.8 Å². The summed E-state index contributed by atoms with van der Waals surface area (Å²) in [4.78, 5) is 14.8. The van der Waals surface area contributed by atoms with Crippen molar-refractivity contribution >= 4 is 5.97 Å². The number of alkyl halides is 3. The van der Waals surface area contributed by atoms with E-state index in [0.29, 0.717) is 11.3 Å². The zero-order chi connectivity index (χ0) is 13.9. The van der Waals surface area contributed by atoms with E-state index in [9.17, 15) is 18.0 Å². The number of hydrogen-bond acceptors (Lipinski definition) is 3. The van der Waals surface area contributed by atoms with Crippen LogP contribution in [0.3, 0.4) is 0 Å². The third-order valence-corrected chi connectivity index (χ3v) is 2.15.